The molecule has 0 bridgehead atoms. The maximum absolute atomic E-state index is 12.5. The summed E-state index contributed by atoms with van der Waals surface area (Å²) in [5.74, 6) is -0.313. The molecule has 0 aliphatic heterocycles. The standard InChI is InChI=1S/C21H27N3O2/c1-15-7-10-18(11-8-15)22-20(25)13-24(5)21(26)14-23(4)19-12-16(2)6-9-17(19)3/h6-12H,13-14H2,1-5H3,(H,22,25). The highest BCUT2D eigenvalue weighted by Gasteiger charge is 2.16. The van der Waals surface area contributed by atoms with E-state index in [0.717, 1.165) is 28.1 Å². The fraction of sp³-hybridized carbons (Fsp3) is 0.333. The van der Waals surface area contributed by atoms with Gasteiger partial charge in [0.2, 0.25) is 11.8 Å². The third-order valence-corrected chi connectivity index (χ3v) is 4.29. The molecule has 5 nitrogen and oxygen atoms in total. The normalized spacial score (nSPS) is 10.3. The quantitative estimate of drug-likeness (QED) is 0.868. The average molecular weight is 353 g/mol. The molecular formula is C21H27N3O2. The Labute approximate surface area is 155 Å². The highest BCUT2D eigenvalue weighted by atomic mass is 16.2. The second-order valence-electron chi connectivity index (χ2n) is 6.81. The summed E-state index contributed by atoms with van der Waals surface area (Å²) in [5, 5.41) is 2.81. The summed E-state index contributed by atoms with van der Waals surface area (Å²) >= 11 is 0. The van der Waals surface area contributed by atoms with Crippen molar-refractivity contribution in [1.29, 1.82) is 0 Å². The van der Waals surface area contributed by atoms with Gasteiger partial charge in [-0.3, -0.25) is 9.59 Å². The lowest BCUT2D eigenvalue weighted by molar-refractivity contribution is -0.132. The molecule has 0 aliphatic carbocycles. The Kier molecular flexibility index (Phi) is 6.39. The van der Waals surface area contributed by atoms with Crippen LogP contribution in [0.4, 0.5) is 11.4 Å². The van der Waals surface area contributed by atoms with Crippen LogP contribution in [0, 0.1) is 20.8 Å². The smallest absolute Gasteiger partial charge is 0.243 e. The molecule has 0 unspecified atom stereocenters. The third kappa shape index (κ3) is 5.34. The molecule has 26 heavy (non-hydrogen) atoms. The number of nitrogens with one attached hydrogen (secondary N) is 1. The van der Waals surface area contributed by atoms with Crippen molar-refractivity contribution < 1.29 is 9.59 Å². The number of nitrogens with zero attached hydrogens (tertiary/aromatic N) is 2. The van der Waals surface area contributed by atoms with E-state index in [1.807, 2.05) is 63.1 Å². The second kappa shape index (κ2) is 8.52. The number of hydrogen-bond acceptors (Lipinski definition) is 3. The van der Waals surface area contributed by atoms with Gasteiger partial charge in [-0.25, -0.2) is 0 Å². The van der Waals surface area contributed by atoms with E-state index < -0.39 is 0 Å². The van der Waals surface area contributed by atoms with Gasteiger partial charge >= 0.3 is 0 Å². The van der Waals surface area contributed by atoms with Crippen molar-refractivity contribution >= 4 is 23.2 Å². The van der Waals surface area contributed by atoms with Crippen LogP contribution in [0.1, 0.15) is 16.7 Å². The van der Waals surface area contributed by atoms with Crippen molar-refractivity contribution in [3.8, 4) is 0 Å². The number of likely N-dealkylation sites (N-methyl/N-ethyl adjacent to an activating group) is 2. The Balaban J connectivity index is 1.91. The van der Waals surface area contributed by atoms with Gasteiger partial charge in [0, 0.05) is 25.5 Å². The van der Waals surface area contributed by atoms with Gasteiger partial charge in [-0.1, -0.05) is 29.8 Å². The topological polar surface area (TPSA) is 52.7 Å². The van der Waals surface area contributed by atoms with Crippen molar-refractivity contribution in [2.45, 2.75) is 20.8 Å². The van der Waals surface area contributed by atoms with Crippen LogP contribution in [0.15, 0.2) is 42.5 Å². The van der Waals surface area contributed by atoms with Crippen LogP contribution in [-0.2, 0) is 9.59 Å². The Morgan fingerprint density at radius 1 is 0.885 bits per heavy atom. The number of hydrogen-bond donors (Lipinski definition) is 1. The molecule has 0 aliphatic rings. The van der Waals surface area contributed by atoms with Gasteiger partial charge in [0.25, 0.3) is 0 Å². The number of anilines is 2. The number of amides is 2. The summed E-state index contributed by atoms with van der Waals surface area (Å²) in [6.07, 6.45) is 0. The van der Waals surface area contributed by atoms with Crippen LogP contribution in [0.25, 0.3) is 0 Å². The molecule has 1 N–H and O–H groups in total. The molecule has 0 atom stereocenters. The first-order valence-corrected chi connectivity index (χ1v) is 8.65. The van der Waals surface area contributed by atoms with Crippen LogP contribution in [0.5, 0.6) is 0 Å². The van der Waals surface area contributed by atoms with E-state index in [4.69, 9.17) is 0 Å². The fourth-order valence-corrected chi connectivity index (χ4v) is 2.68. The van der Waals surface area contributed by atoms with Gasteiger partial charge in [-0.05, 0) is 50.1 Å². The minimum atomic E-state index is -0.209. The molecule has 0 saturated heterocycles. The predicted octanol–water partition coefficient (Wildman–Crippen LogP) is 3.15. The highest BCUT2D eigenvalue weighted by molar-refractivity contribution is 5.95. The second-order valence-corrected chi connectivity index (χ2v) is 6.81. The number of carbonyl (C=O) groups excluding carboxylic acids is 2. The lowest BCUT2D eigenvalue weighted by Crippen LogP contribution is -2.40. The zero-order valence-corrected chi connectivity index (χ0v) is 16.2. The van der Waals surface area contributed by atoms with Crippen LogP contribution in [-0.4, -0.2) is 43.9 Å². The molecule has 0 saturated carbocycles. The summed E-state index contributed by atoms with van der Waals surface area (Å²) < 4.78 is 0. The van der Waals surface area contributed by atoms with E-state index in [1.165, 1.54) is 4.90 Å². The van der Waals surface area contributed by atoms with Crippen LogP contribution in [0.3, 0.4) is 0 Å². The molecule has 138 valence electrons. The molecule has 0 spiro atoms. The zero-order valence-electron chi connectivity index (χ0n) is 16.2. The third-order valence-electron chi connectivity index (χ3n) is 4.29. The molecule has 0 aromatic heterocycles. The minimum Gasteiger partial charge on any atom is -0.365 e. The van der Waals surface area contributed by atoms with Crippen molar-refractivity contribution in [3.63, 3.8) is 0 Å². The first-order valence-electron chi connectivity index (χ1n) is 8.65. The summed E-state index contributed by atoms with van der Waals surface area (Å²) in [4.78, 5) is 28.0. The van der Waals surface area contributed by atoms with Gasteiger partial charge in [0.1, 0.15) is 0 Å². The first kappa shape index (κ1) is 19.5. The number of benzene rings is 2. The molecule has 2 aromatic carbocycles. The molecular weight excluding hydrogens is 326 g/mol. The molecule has 2 amide bonds. The number of aryl methyl sites for hydroxylation is 3. The monoisotopic (exact) mass is 353 g/mol. The predicted molar refractivity (Wildman–Crippen MR) is 107 cm³/mol. The van der Waals surface area contributed by atoms with E-state index in [1.54, 1.807) is 7.05 Å². The Bertz CT molecular complexity index is 784. The van der Waals surface area contributed by atoms with E-state index in [0.29, 0.717) is 0 Å². The SMILES string of the molecule is Cc1ccc(NC(=O)CN(C)C(=O)CN(C)c2cc(C)ccc2C)cc1. The summed E-state index contributed by atoms with van der Waals surface area (Å²) in [5.41, 5.74) is 5.15. The maximum Gasteiger partial charge on any atom is 0.243 e. The molecule has 2 rings (SSSR count). The first-order chi connectivity index (χ1) is 12.3. The molecule has 0 heterocycles. The molecule has 5 heteroatoms. The van der Waals surface area contributed by atoms with Gasteiger partial charge in [-0.2, -0.15) is 0 Å². The maximum atomic E-state index is 12.5. The molecule has 0 radical (unpaired) electrons. The Hall–Kier alpha value is -2.82. The lowest BCUT2D eigenvalue weighted by Gasteiger charge is -2.24. The Morgan fingerprint density at radius 3 is 2.15 bits per heavy atom. The fourth-order valence-electron chi connectivity index (χ4n) is 2.68. The lowest BCUT2D eigenvalue weighted by atomic mass is 10.1. The van der Waals surface area contributed by atoms with Crippen LogP contribution >= 0.6 is 0 Å². The largest absolute Gasteiger partial charge is 0.365 e. The van der Waals surface area contributed by atoms with Crippen molar-refractivity contribution in [1.82, 2.24) is 4.90 Å². The highest BCUT2D eigenvalue weighted by Crippen LogP contribution is 2.20. The summed E-state index contributed by atoms with van der Waals surface area (Å²) in [6.45, 7) is 6.28. The summed E-state index contributed by atoms with van der Waals surface area (Å²) in [7, 11) is 3.54. The summed E-state index contributed by atoms with van der Waals surface area (Å²) in [6, 6.07) is 13.7. The van der Waals surface area contributed by atoms with Gasteiger partial charge in [0.15, 0.2) is 0 Å². The minimum absolute atomic E-state index is 0.0212. The van der Waals surface area contributed by atoms with Crippen molar-refractivity contribution in [2.24, 2.45) is 0 Å². The van der Waals surface area contributed by atoms with Crippen LogP contribution < -0.4 is 10.2 Å². The van der Waals surface area contributed by atoms with E-state index in [2.05, 4.69) is 17.4 Å². The van der Waals surface area contributed by atoms with Gasteiger partial charge in [0.05, 0.1) is 13.1 Å². The van der Waals surface area contributed by atoms with E-state index in [-0.39, 0.29) is 24.9 Å². The van der Waals surface area contributed by atoms with Gasteiger partial charge < -0.3 is 15.1 Å². The van der Waals surface area contributed by atoms with Gasteiger partial charge in [-0.15, -0.1) is 0 Å². The average Bonchev–Trinajstić information content (AvgIpc) is 2.58. The van der Waals surface area contributed by atoms with Crippen molar-refractivity contribution in [2.75, 3.05) is 37.4 Å². The van der Waals surface area contributed by atoms with E-state index >= 15 is 0 Å². The number of carbonyl (C=O) groups is 2. The van der Waals surface area contributed by atoms with Crippen molar-refractivity contribution in [3.05, 3.63) is 59.2 Å². The molecule has 2 aromatic rings. The number of rotatable bonds is 6. The van der Waals surface area contributed by atoms with Crippen LogP contribution in [0.2, 0.25) is 0 Å². The Morgan fingerprint density at radius 2 is 1.50 bits per heavy atom. The van der Waals surface area contributed by atoms with E-state index in [9.17, 15) is 9.59 Å². The zero-order chi connectivity index (χ0) is 19.3. The molecule has 0 fully saturated rings.